The summed E-state index contributed by atoms with van der Waals surface area (Å²) in [6.07, 6.45) is 3.27. The summed E-state index contributed by atoms with van der Waals surface area (Å²) in [6.45, 7) is 2.41. The predicted octanol–water partition coefficient (Wildman–Crippen LogP) is 4.04. The zero-order valence-corrected chi connectivity index (χ0v) is 15.2. The van der Waals surface area contributed by atoms with Gasteiger partial charge in [0.25, 0.3) is 5.89 Å². The van der Waals surface area contributed by atoms with Crippen LogP contribution < -0.4 is 4.74 Å². The Morgan fingerprint density at radius 3 is 3.04 bits per heavy atom. The Morgan fingerprint density at radius 1 is 1.31 bits per heavy atom. The van der Waals surface area contributed by atoms with Gasteiger partial charge in [0, 0.05) is 4.88 Å². The van der Waals surface area contributed by atoms with E-state index in [1.54, 1.807) is 0 Å². The van der Waals surface area contributed by atoms with Gasteiger partial charge in [-0.15, -0.1) is 11.3 Å². The smallest absolute Gasteiger partial charge is 0.348 e. The molecule has 0 N–H and O–H groups in total. The van der Waals surface area contributed by atoms with Crippen LogP contribution in [0.25, 0.3) is 11.4 Å². The molecular formula is C19H18N2O4S. The van der Waals surface area contributed by atoms with Gasteiger partial charge in [-0.1, -0.05) is 17.3 Å². The van der Waals surface area contributed by atoms with Gasteiger partial charge in [-0.25, -0.2) is 4.79 Å². The molecule has 0 spiro atoms. The summed E-state index contributed by atoms with van der Waals surface area (Å²) in [5.74, 6) is 1.00. The Morgan fingerprint density at radius 2 is 2.19 bits per heavy atom. The number of nitrogens with zero attached hydrogens (tertiary/aromatic N) is 2. The molecule has 0 amide bonds. The minimum atomic E-state index is -0.348. The fourth-order valence-corrected chi connectivity index (χ4v) is 4.13. The minimum absolute atomic E-state index is 0.0504. The molecule has 0 saturated heterocycles. The van der Waals surface area contributed by atoms with Crippen molar-refractivity contribution in [2.75, 3.05) is 6.61 Å². The lowest BCUT2D eigenvalue weighted by Crippen LogP contribution is -2.03. The van der Waals surface area contributed by atoms with Crippen molar-refractivity contribution in [1.82, 2.24) is 10.1 Å². The molecule has 0 bridgehead atoms. The summed E-state index contributed by atoms with van der Waals surface area (Å²) in [5, 5.41) is 3.97. The second-order valence-electron chi connectivity index (χ2n) is 5.93. The number of aryl methyl sites for hydroxylation is 2. The lowest BCUT2D eigenvalue weighted by molar-refractivity contribution is 0.0435. The number of esters is 1. The number of ether oxygens (including phenoxy) is 2. The molecule has 6 nitrogen and oxygen atoms in total. The van der Waals surface area contributed by atoms with Gasteiger partial charge < -0.3 is 14.0 Å². The highest BCUT2D eigenvalue weighted by Gasteiger charge is 2.20. The summed E-state index contributed by atoms with van der Waals surface area (Å²) < 4.78 is 16.1. The lowest BCUT2D eigenvalue weighted by atomic mass is 10.2. The molecule has 7 heteroatoms. The number of benzene rings is 1. The van der Waals surface area contributed by atoms with Crippen LogP contribution in [-0.2, 0) is 24.2 Å². The van der Waals surface area contributed by atoms with Crippen molar-refractivity contribution in [2.45, 2.75) is 32.8 Å². The van der Waals surface area contributed by atoms with Crippen molar-refractivity contribution in [3.05, 3.63) is 51.5 Å². The van der Waals surface area contributed by atoms with E-state index < -0.39 is 0 Å². The molecule has 2 heterocycles. The first kappa shape index (κ1) is 16.8. The fraction of sp³-hybridized carbons (Fsp3) is 0.316. The van der Waals surface area contributed by atoms with Crippen molar-refractivity contribution in [3.63, 3.8) is 0 Å². The number of carbonyl (C=O) groups is 1. The SMILES string of the molecule is CCOc1ccccc1-c1noc(COC(=O)c2cc3c(s2)CCC3)n1. The highest BCUT2D eigenvalue weighted by atomic mass is 32.1. The van der Waals surface area contributed by atoms with Crippen molar-refractivity contribution in [2.24, 2.45) is 0 Å². The molecule has 2 aromatic heterocycles. The van der Waals surface area contributed by atoms with Gasteiger partial charge in [-0.2, -0.15) is 4.98 Å². The molecule has 0 atom stereocenters. The number of aromatic nitrogens is 2. The Kier molecular flexibility index (Phi) is 4.71. The molecule has 0 aliphatic heterocycles. The van der Waals surface area contributed by atoms with E-state index in [0.29, 0.717) is 23.1 Å². The highest BCUT2D eigenvalue weighted by Crippen LogP contribution is 2.31. The number of hydrogen-bond donors (Lipinski definition) is 0. The molecule has 0 unspecified atom stereocenters. The van der Waals surface area contributed by atoms with Crippen LogP contribution in [0.5, 0.6) is 5.75 Å². The Hall–Kier alpha value is -2.67. The highest BCUT2D eigenvalue weighted by molar-refractivity contribution is 7.14. The maximum absolute atomic E-state index is 12.2. The standard InChI is InChI=1S/C19H18N2O4S/c1-2-23-14-8-4-3-7-13(14)18-20-17(25-21-18)11-24-19(22)16-10-12-6-5-9-15(12)26-16/h3-4,7-8,10H,2,5-6,9,11H2,1H3. The van der Waals surface area contributed by atoms with Gasteiger partial charge in [0.1, 0.15) is 10.6 Å². The van der Waals surface area contributed by atoms with Crippen LogP contribution in [0.3, 0.4) is 0 Å². The number of para-hydroxylation sites is 1. The lowest BCUT2D eigenvalue weighted by Gasteiger charge is -2.06. The molecular weight excluding hydrogens is 352 g/mol. The quantitative estimate of drug-likeness (QED) is 0.610. The Labute approximate surface area is 154 Å². The van der Waals surface area contributed by atoms with Crippen molar-refractivity contribution >= 4 is 17.3 Å². The molecule has 26 heavy (non-hydrogen) atoms. The molecule has 0 radical (unpaired) electrons. The van der Waals surface area contributed by atoms with Gasteiger partial charge in [0.15, 0.2) is 6.61 Å². The van der Waals surface area contributed by atoms with Gasteiger partial charge in [-0.3, -0.25) is 0 Å². The van der Waals surface area contributed by atoms with Gasteiger partial charge in [0.05, 0.1) is 12.2 Å². The second kappa shape index (κ2) is 7.29. The van der Waals surface area contributed by atoms with Gasteiger partial charge >= 0.3 is 5.97 Å². The third kappa shape index (κ3) is 3.35. The number of carbonyl (C=O) groups excluding carboxylic acids is 1. The van der Waals surface area contributed by atoms with Crippen LogP contribution in [0.15, 0.2) is 34.9 Å². The van der Waals surface area contributed by atoms with E-state index in [9.17, 15) is 4.79 Å². The van der Waals surface area contributed by atoms with E-state index in [2.05, 4.69) is 10.1 Å². The second-order valence-corrected chi connectivity index (χ2v) is 7.07. The molecule has 0 saturated carbocycles. The zero-order chi connectivity index (χ0) is 17.9. The summed E-state index contributed by atoms with van der Waals surface area (Å²) in [6, 6.07) is 9.41. The minimum Gasteiger partial charge on any atom is -0.493 e. The number of rotatable bonds is 6. The topological polar surface area (TPSA) is 74.5 Å². The van der Waals surface area contributed by atoms with E-state index in [1.807, 2.05) is 37.3 Å². The van der Waals surface area contributed by atoms with Crippen molar-refractivity contribution in [1.29, 1.82) is 0 Å². The van der Waals surface area contributed by atoms with E-state index in [4.69, 9.17) is 14.0 Å². The van der Waals surface area contributed by atoms with Crippen LogP contribution >= 0.6 is 11.3 Å². The van der Waals surface area contributed by atoms with E-state index in [-0.39, 0.29) is 18.5 Å². The molecule has 1 aliphatic rings. The summed E-state index contributed by atoms with van der Waals surface area (Å²) in [7, 11) is 0. The Bertz CT molecular complexity index is 910. The molecule has 0 fully saturated rings. The van der Waals surface area contributed by atoms with Gasteiger partial charge in [-0.05, 0) is 49.9 Å². The first-order chi connectivity index (χ1) is 12.7. The van der Waals surface area contributed by atoms with Crippen molar-refractivity contribution in [3.8, 4) is 17.1 Å². The number of hydrogen-bond acceptors (Lipinski definition) is 7. The first-order valence-corrected chi connectivity index (χ1v) is 9.39. The van der Waals surface area contributed by atoms with Crippen LogP contribution in [0.4, 0.5) is 0 Å². The molecule has 134 valence electrons. The zero-order valence-electron chi connectivity index (χ0n) is 14.4. The summed E-state index contributed by atoms with van der Waals surface area (Å²) in [4.78, 5) is 18.5. The van der Waals surface area contributed by atoms with Crippen LogP contribution in [0.1, 0.15) is 39.3 Å². The largest absolute Gasteiger partial charge is 0.493 e. The van der Waals surface area contributed by atoms with Crippen molar-refractivity contribution < 1.29 is 18.8 Å². The van der Waals surface area contributed by atoms with Crippen LogP contribution in [0, 0.1) is 0 Å². The third-order valence-corrected chi connectivity index (χ3v) is 5.39. The average molecular weight is 370 g/mol. The maximum atomic E-state index is 12.2. The number of fused-ring (bicyclic) bond motifs is 1. The third-order valence-electron chi connectivity index (χ3n) is 4.17. The van der Waals surface area contributed by atoms with E-state index in [1.165, 1.54) is 28.2 Å². The summed E-state index contributed by atoms with van der Waals surface area (Å²) in [5.41, 5.74) is 2.01. The summed E-state index contributed by atoms with van der Waals surface area (Å²) >= 11 is 1.52. The monoisotopic (exact) mass is 370 g/mol. The number of thiophene rings is 1. The molecule has 1 aromatic carbocycles. The predicted molar refractivity (Wildman–Crippen MR) is 96.4 cm³/mol. The normalized spacial score (nSPS) is 12.8. The maximum Gasteiger partial charge on any atom is 0.348 e. The van der Waals surface area contributed by atoms with Gasteiger partial charge in [0.2, 0.25) is 5.82 Å². The Balaban J connectivity index is 1.43. The molecule has 4 rings (SSSR count). The van der Waals surface area contributed by atoms with Crippen LogP contribution in [-0.4, -0.2) is 22.7 Å². The fourth-order valence-electron chi connectivity index (χ4n) is 2.98. The molecule has 3 aromatic rings. The first-order valence-electron chi connectivity index (χ1n) is 8.58. The molecule has 1 aliphatic carbocycles. The average Bonchev–Trinajstić information content (AvgIpc) is 3.36. The van der Waals surface area contributed by atoms with E-state index >= 15 is 0 Å². The van der Waals surface area contributed by atoms with E-state index in [0.717, 1.165) is 18.4 Å². The van der Waals surface area contributed by atoms with Crippen LogP contribution in [0.2, 0.25) is 0 Å².